The summed E-state index contributed by atoms with van der Waals surface area (Å²) in [6, 6.07) is 10.5. The Labute approximate surface area is 132 Å². The van der Waals surface area contributed by atoms with E-state index in [0.29, 0.717) is 22.6 Å². The Morgan fingerprint density at radius 3 is 2.41 bits per heavy atom. The lowest BCUT2D eigenvalue weighted by Gasteiger charge is -2.03. The van der Waals surface area contributed by atoms with Crippen molar-refractivity contribution >= 4 is 11.8 Å². The van der Waals surface area contributed by atoms with E-state index in [1.807, 2.05) is 12.3 Å². The van der Waals surface area contributed by atoms with Crippen LogP contribution in [0.1, 0.15) is 0 Å². The number of phenolic OH excluding ortho intramolecular Hbond substituents is 1. The molecule has 0 fully saturated rings. The van der Waals surface area contributed by atoms with Crippen molar-refractivity contribution in [2.75, 3.05) is 13.4 Å². The minimum absolute atomic E-state index is 0.209. The fourth-order valence-corrected chi connectivity index (χ4v) is 2.38. The van der Waals surface area contributed by atoms with Crippen molar-refractivity contribution in [2.24, 2.45) is 0 Å². The molecule has 2 heterocycles. The first-order valence-corrected chi connectivity index (χ1v) is 7.78. The van der Waals surface area contributed by atoms with Crippen LogP contribution in [-0.4, -0.2) is 28.4 Å². The molecule has 0 aliphatic rings. The average molecular weight is 314 g/mol. The largest absolute Gasteiger partial charge is 0.508 e. The van der Waals surface area contributed by atoms with Crippen LogP contribution in [0.5, 0.6) is 11.6 Å². The number of benzene rings is 1. The zero-order valence-corrected chi connectivity index (χ0v) is 12.9. The van der Waals surface area contributed by atoms with Gasteiger partial charge < -0.3 is 14.3 Å². The van der Waals surface area contributed by atoms with E-state index in [1.54, 1.807) is 43.6 Å². The Balaban J connectivity index is 2.09. The molecular weight excluding hydrogens is 300 g/mol. The first-order valence-electron chi connectivity index (χ1n) is 6.56. The van der Waals surface area contributed by atoms with Crippen molar-refractivity contribution in [2.45, 2.75) is 5.22 Å². The van der Waals surface area contributed by atoms with Gasteiger partial charge in [-0.25, -0.2) is 9.97 Å². The molecule has 6 heteroatoms. The van der Waals surface area contributed by atoms with Crippen molar-refractivity contribution in [3.8, 4) is 34.2 Å². The third-order valence-corrected chi connectivity index (χ3v) is 3.65. The second kappa shape index (κ2) is 6.11. The Morgan fingerprint density at radius 1 is 1.09 bits per heavy atom. The molecule has 2 aromatic heterocycles. The van der Waals surface area contributed by atoms with Crippen LogP contribution in [0.4, 0.5) is 0 Å². The van der Waals surface area contributed by atoms with Crippen LogP contribution in [-0.2, 0) is 0 Å². The number of hydrogen-bond donors (Lipinski definition) is 1. The van der Waals surface area contributed by atoms with Crippen molar-refractivity contribution in [1.82, 2.24) is 9.97 Å². The lowest BCUT2D eigenvalue weighted by molar-refractivity contribution is 0.398. The second-order valence-corrected chi connectivity index (χ2v) is 5.26. The zero-order chi connectivity index (χ0) is 15.5. The van der Waals surface area contributed by atoms with E-state index in [2.05, 4.69) is 9.97 Å². The monoisotopic (exact) mass is 314 g/mol. The van der Waals surface area contributed by atoms with Crippen molar-refractivity contribution < 1.29 is 14.3 Å². The summed E-state index contributed by atoms with van der Waals surface area (Å²) in [5, 5.41) is 10.0. The summed E-state index contributed by atoms with van der Waals surface area (Å²) in [6.45, 7) is 0. The number of pyridine rings is 1. The van der Waals surface area contributed by atoms with Gasteiger partial charge in [0, 0.05) is 23.4 Å². The van der Waals surface area contributed by atoms with E-state index >= 15 is 0 Å². The van der Waals surface area contributed by atoms with Gasteiger partial charge in [0.15, 0.2) is 5.76 Å². The number of hydrogen-bond acceptors (Lipinski definition) is 6. The molecule has 112 valence electrons. The maximum atomic E-state index is 9.42. The van der Waals surface area contributed by atoms with Crippen molar-refractivity contribution in [3.63, 3.8) is 0 Å². The molecule has 0 aliphatic heterocycles. The molecule has 0 saturated heterocycles. The maximum Gasteiger partial charge on any atom is 0.256 e. The predicted octanol–water partition coefficient (Wildman–Crippen LogP) is 3.84. The van der Waals surface area contributed by atoms with Crippen molar-refractivity contribution in [3.05, 3.63) is 42.6 Å². The van der Waals surface area contributed by atoms with E-state index in [0.717, 1.165) is 11.1 Å². The highest BCUT2D eigenvalue weighted by Gasteiger charge is 2.17. The smallest absolute Gasteiger partial charge is 0.256 e. The van der Waals surface area contributed by atoms with Crippen LogP contribution in [0.2, 0.25) is 0 Å². The van der Waals surface area contributed by atoms with Crippen molar-refractivity contribution in [1.29, 1.82) is 0 Å². The summed E-state index contributed by atoms with van der Waals surface area (Å²) in [6.07, 6.45) is 3.60. The van der Waals surface area contributed by atoms with Crippen LogP contribution >= 0.6 is 11.8 Å². The number of nitrogens with zero attached hydrogens (tertiary/aromatic N) is 2. The zero-order valence-electron chi connectivity index (χ0n) is 12.1. The SMILES string of the molecule is COc1ccc(-c2nc(SC)oc2-c2ccc(O)cc2)cn1. The molecule has 0 unspecified atom stereocenters. The molecule has 5 nitrogen and oxygen atoms in total. The van der Waals surface area contributed by atoms with Gasteiger partial charge in [-0.1, -0.05) is 11.8 Å². The molecule has 0 spiro atoms. The van der Waals surface area contributed by atoms with Gasteiger partial charge >= 0.3 is 0 Å². The van der Waals surface area contributed by atoms with Gasteiger partial charge in [-0.3, -0.25) is 0 Å². The fourth-order valence-electron chi connectivity index (χ4n) is 2.03. The van der Waals surface area contributed by atoms with Gasteiger partial charge in [-0.2, -0.15) is 0 Å². The lowest BCUT2D eigenvalue weighted by atomic mass is 10.1. The Kier molecular flexibility index (Phi) is 4.02. The summed E-state index contributed by atoms with van der Waals surface area (Å²) in [5.41, 5.74) is 2.40. The molecule has 1 N–H and O–H groups in total. The fraction of sp³-hybridized carbons (Fsp3) is 0.125. The van der Waals surface area contributed by atoms with Crippen LogP contribution in [0, 0.1) is 0 Å². The molecule has 0 radical (unpaired) electrons. The average Bonchev–Trinajstić information content (AvgIpc) is 3.00. The Morgan fingerprint density at radius 2 is 1.82 bits per heavy atom. The second-order valence-electron chi connectivity index (χ2n) is 4.50. The number of rotatable bonds is 4. The van der Waals surface area contributed by atoms with Gasteiger partial charge in [0.25, 0.3) is 5.22 Å². The predicted molar refractivity (Wildman–Crippen MR) is 85.2 cm³/mol. The van der Waals surface area contributed by atoms with E-state index in [4.69, 9.17) is 9.15 Å². The normalized spacial score (nSPS) is 10.6. The summed E-state index contributed by atoms with van der Waals surface area (Å²) in [7, 11) is 1.58. The van der Waals surface area contributed by atoms with Crippen LogP contribution in [0.3, 0.4) is 0 Å². The molecule has 0 saturated carbocycles. The minimum atomic E-state index is 0.209. The van der Waals surface area contributed by atoms with E-state index in [9.17, 15) is 5.11 Å². The number of phenols is 1. The number of thioether (sulfide) groups is 1. The quantitative estimate of drug-likeness (QED) is 0.738. The molecule has 0 atom stereocenters. The number of aromatic nitrogens is 2. The number of oxazole rings is 1. The minimum Gasteiger partial charge on any atom is -0.508 e. The molecule has 3 rings (SSSR count). The van der Waals surface area contributed by atoms with Gasteiger partial charge in [0.05, 0.1) is 7.11 Å². The highest BCUT2D eigenvalue weighted by Crippen LogP contribution is 2.35. The van der Waals surface area contributed by atoms with E-state index < -0.39 is 0 Å². The topological polar surface area (TPSA) is 68.4 Å². The summed E-state index contributed by atoms with van der Waals surface area (Å²) < 4.78 is 10.9. The highest BCUT2D eigenvalue weighted by atomic mass is 32.2. The lowest BCUT2D eigenvalue weighted by Crippen LogP contribution is -1.88. The van der Waals surface area contributed by atoms with Crippen LogP contribution in [0.25, 0.3) is 22.6 Å². The van der Waals surface area contributed by atoms with Gasteiger partial charge in [-0.15, -0.1) is 0 Å². The number of methoxy groups -OCH3 is 1. The standard InChI is InChI=1S/C16H14N2O3S/c1-20-13-8-5-11(9-17-13)14-15(21-16(18-14)22-2)10-3-6-12(19)7-4-10/h3-9,19H,1-2H3. The summed E-state index contributed by atoms with van der Waals surface area (Å²) in [5.74, 6) is 1.40. The van der Waals surface area contributed by atoms with Crippen LogP contribution < -0.4 is 4.74 Å². The number of ether oxygens (including phenoxy) is 1. The van der Waals surface area contributed by atoms with Crippen LogP contribution in [0.15, 0.2) is 52.2 Å². The van der Waals surface area contributed by atoms with Gasteiger partial charge in [0.2, 0.25) is 5.88 Å². The Bertz CT molecular complexity index is 767. The molecule has 0 aliphatic carbocycles. The molecule has 0 bridgehead atoms. The molecule has 22 heavy (non-hydrogen) atoms. The molecule has 1 aromatic carbocycles. The summed E-state index contributed by atoms with van der Waals surface area (Å²) >= 11 is 1.43. The Hall–Kier alpha value is -2.47. The number of aromatic hydroxyl groups is 1. The third-order valence-electron chi connectivity index (χ3n) is 3.13. The van der Waals surface area contributed by atoms with Gasteiger partial charge in [-0.05, 0) is 36.6 Å². The summed E-state index contributed by atoms with van der Waals surface area (Å²) in [4.78, 5) is 8.71. The first kappa shape index (κ1) is 14.5. The highest BCUT2D eigenvalue weighted by molar-refractivity contribution is 7.98. The third kappa shape index (κ3) is 2.78. The molecule has 0 amide bonds. The van der Waals surface area contributed by atoms with E-state index in [1.165, 1.54) is 11.8 Å². The maximum absolute atomic E-state index is 9.42. The van der Waals surface area contributed by atoms with E-state index in [-0.39, 0.29) is 5.75 Å². The van der Waals surface area contributed by atoms with Gasteiger partial charge in [0.1, 0.15) is 11.4 Å². The molecule has 3 aromatic rings. The first-order chi connectivity index (χ1) is 10.7. The molecular formula is C16H14N2O3S.